The number of aliphatic hydroxyl groups is 4. The first kappa shape index (κ1) is 31.9. The van der Waals surface area contributed by atoms with E-state index < -0.39 is 0 Å². The van der Waals surface area contributed by atoms with Crippen LogP contribution in [0.2, 0.25) is 0 Å². The molecule has 0 aliphatic carbocycles. The molecule has 0 saturated heterocycles. The van der Waals surface area contributed by atoms with E-state index in [2.05, 4.69) is 0 Å². The van der Waals surface area contributed by atoms with E-state index in [0.717, 1.165) is 28.4 Å². The second kappa shape index (κ2) is 420. The molecule has 0 heterocycles. The van der Waals surface area contributed by atoms with Gasteiger partial charge in [-0.3, -0.25) is 0 Å². The molecule has 0 unspecified atom stereocenters. The third-order valence-electron chi connectivity index (χ3n) is 0. The minimum atomic E-state index is 0. The maximum Gasteiger partial charge on any atom is 0.0319 e. The van der Waals surface area contributed by atoms with Crippen LogP contribution in [0.5, 0.6) is 0 Å². The molecule has 0 spiro atoms. The van der Waals surface area contributed by atoms with E-state index in [1.54, 1.807) is 0 Å². The zero-order valence-electron chi connectivity index (χ0n) is 6.29. The van der Waals surface area contributed by atoms with Crippen molar-refractivity contribution in [2.45, 2.75) is 0 Å². The zero-order chi connectivity index (χ0) is 8.00. The molecule has 0 bridgehead atoms. The van der Waals surface area contributed by atoms with Crippen LogP contribution in [-0.4, -0.2) is 48.9 Å². The Balaban J connectivity index is -0.00000000762. The van der Waals surface area contributed by atoms with Gasteiger partial charge in [0, 0.05) is 70.2 Å². The first-order valence-corrected chi connectivity index (χ1v) is 1.79. The van der Waals surface area contributed by atoms with Gasteiger partial charge in [-0.1, -0.05) is 0 Å². The van der Waals surface area contributed by atoms with E-state index in [4.69, 9.17) is 20.4 Å². The minimum Gasteiger partial charge on any atom is -0.400 e. The summed E-state index contributed by atoms with van der Waals surface area (Å²) in [4.78, 5) is 0. The summed E-state index contributed by atoms with van der Waals surface area (Å²) >= 11 is 0. The molecule has 0 atom stereocenters. The number of hydrogen-bond donors (Lipinski definition) is 4. The van der Waals surface area contributed by atoms with Gasteiger partial charge in [0.05, 0.1) is 0 Å². The summed E-state index contributed by atoms with van der Waals surface area (Å²) in [5.41, 5.74) is 0. The molecular weight excluding hydrogens is 252 g/mol. The van der Waals surface area contributed by atoms with E-state index in [1.807, 2.05) is 0 Å². The summed E-state index contributed by atoms with van der Waals surface area (Å²) in [6.07, 6.45) is 0. The molecule has 5 heteroatoms. The molecule has 0 amide bonds. The topological polar surface area (TPSA) is 80.9 Å². The van der Waals surface area contributed by atoms with Crippen LogP contribution in [0.15, 0.2) is 0 Å². The summed E-state index contributed by atoms with van der Waals surface area (Å²) in [7, 11) is 4.00. The molecule has 0 fully saturated rings. The van der Waals surface area contributed by atoms with Gasteiger partial charge in [0.25, 0.3) is 0 Å². The second-order valence-corrected chi connectivity index (χ2v) is 0. The van der Waals surface area contributed by atoms with Gasteiger partial charge in [-0.25, -0.2) is 0 Å². The largest absolute Gasteiger partial charge is 0.400 e. The fraction of sp³-hybridized carbons (Fsp3) is 1.00. The van der Waals surface area contributed by atoms with Crippen molar-refractivity contribution < 1.29 is 62.2 Å². The Morgan fingerprint density at radius 3 is 0.444 bits per heavy atom. The molecule has 0 aliphatic heterocycles. The Kier molecular flexibility index (Phi) is 1490. The molecule has 0 aliphatic rings. The maximum atomic E-state index is 7.00. The quantitative estimate of drug-likeness (QED) is 0.428. The van der Waals surface area contributed by atoms with Crippen LogP contribution >= 0.6 is 0 Å². The van der Waals surface area contributed by atoms with Crippen LogP contribution in [0.3, 0.4) is 0 Å². The molecule has 4 nitrogen and oxygen atoms in total. The van der Waals surface area contributed by atoms with Crippen molar-refractivity contribution in [2.75, 3.05) is 28.4 Å². The van der Waals surface area contributed by atoms with E-state index in [-0.39, 0.29) is 41.7 Å². The van der Waals surface area contributed by atoms with Crippen LogP contribution in [0.4, 0.5) is 0 Å². The minimum absolute atomic E-state index is 0. The van der Waals surface area contributed by atoms with Gasteiger partial charge in [0.1, 0.15) is 0 Å². The van der Waals surface area contributed by atoms with Crippen molar-refractivity contribution in [1.29, 1.82) is 0 Å². The van der Waals surface area contributed by atoms with Crippen molar-refractivity contribution >= 4 is 0 Å². The Hall–Kier alpha value is 1.22. The van der Waals surface area contributed by atoms with Crippen LogP contribution < -0.4 is 0 Å². The number of rotatable bonds is 0. The molecule has 60 valence electrons. The van der Waals surface area contributed by atoms with Gasteiger partial charge >= 0.3 is 0 Å². The average molecular weight is 268 g/mol. The Morgan fingerprint density at radius 2 is 0.444 bits per heavy atom. The van der Waals surface area contributed by atoms with Crippen molar-refractivity contribution in [1.82, 2.24) is 0 Å². The normalized spacial score (nSPS) is 2.67. The molecule has 4 N–H and O–H groups in total. The van der Waals surface area contributed by atoms with Crippen molar-refractivity contribution in [2.24, 2.45) is 0 Å². The van der Waals surface area contributed by atoms with Crippen LogP contribution in [0.25, 0.3) is 0 Å². The molecule has 0 aromatic heterocycles. The third kappa shape index (κ3) is 324. The summed E-state index contributed by atoms with van der Waals surface area (Å²) in [5, 5.41) is 28.0. The summed E-state index contributed by atoms with van der Waals surface area (Å²) in [6.45, 7) is 0. The molecule has 0 rings (SSSR count). The van der Waals surface area contributed by atoms with Gasteiger partial charge in [-0.15, -0.1) is 0 Å². The van der Waals surface area contributed by atoms with E-state index in [0.29, 0.717) is 0 Å². The van der Waals surface area contributed by atoms with E-state index in [9.17, 15) is 0 Å². The molecule has 9 heavy (non-hydrogen) atoms. The van der Waals surface area contributed by atoms with Crippen LogP contribution in [0, 0.1) is 41.7 Å². The summed E-state index contributed by atoms with van der Waals surface area (Å²) in [6, 6.07) is 0. The van der Waals surface area contributed by atoms with E-state index in [1.165, 1.54) is 0 Å². The second-order valence-electron chi connectivity index (χ2n) is 0. The Morgan fingerprint density at radius 1 is 0.444 bits per heavy atom. The molecule has 0 radical (unpaired) electrons. The molecule has 0 aromatic rings. The summed E-state index contributed by atoms with van der Waals surface area (Å²) < 4.78 is 0. The standard InChI is InChI=1S/4CH4O.Ce/c4*1-2;/h4*2H,1H3;. The summed E-state index contributed by atoms with van der Waals surface area (Å²) in [5.74, 6) is 0. The van der Waals surface area contributed by atoms with Gasteiger partial charge in [0.2, 0.25) is 0 Å². The first-order valence-electron chi connectivity index (χ1n) is 1.79. The first-order chi connectivity index (χ1) is 4.00. The van der Waals surface area contributed by atoms with Gasteiger partial charge in [-0.05, 0) is 0 Å². The Labute approximate surface area is 89.9 Å². The predicted octanol–water partition coefficient (Wildman–Crippen LogP) is -1.57. The van der Waals surface area contributed by atoms with Crippen molar-refractivity contribution in [3.8, 4) is 0 Å². The predicted molar refractivity (Wildman–Crippen MR) is 32.6 cm³/mol. The van der Waals surface area contributed by atoms with Crippen LogP contribution in [0.1, 0.15) is 0 Å². The van der Waals surface area contributed by atoms with Gasteiger partial charge in [0.15, 0.2) is 0 Å². The number of hydrogen-bond acceptors (Lipinski definition) is 4. The van der Waals surface area contributed by atoms with Gasteiger partial charge < -0.3 is 20.4 Å². The van der Waals surface area contributed by atoms with Gasteiger partial charge in [-0.2, -0.15) is 0 Å². The average Bonchev–Trinajstić information content (AvgIpc) is 2.03. The fourth-order valence-corrected chi connectivity index (χ4v) is 0. The zero-order valence-corrected chi connectivity index (χ0v) is 9.43. The number of aliphatic hydroxyl groups excluding tert-OH is 4. The third-order valence-corrected chi connectivity index (χ3v) is 0. The SMILES string of the molecule is CO.CO.CO.CO.[Ce]. The maximum absolute atomic E-state index is 7.00. The molecular formula is C4H16CeO4. The van der Waals surface area contributed by atoms with Crippen LogP contribution in [-0.2, 0) is 0 Å². The van der Waals surface area contributed by atoms with Crippen molar-refractivity contribution in [3.63, 3.8) is 0 Å². The van der Waals surface area contributed by atoms with Crippen molar-refractivity contribution in [3.05, 3.63) is 0 Å². The fourth-order valence-electron chi connectivity index (χ4n) is 0. The monoisotopic (exact) mass is 268 g/mol. The smallest absolute Gasteiger partial charge is 0.0319 e. The Bertz CT molecular complexity index is 12.5. The van der Waals surface area contributed by atoms with E-state index >= 15 is 0 Å². The molecule has 0 aromatic carbocycles. The molecule has 0 saturated carbocycles.